The molecule has 0 radical (unpaired) electrons. The Hall–Kier alpha value is -2.74. The fourth-order valence-electron chi connectivity index (χ4n) is 3.00. The lowest BCUT2D eigenvalue weighted by Gasteiger charge is -2.12. The number of hydrogen-bond acceptors (Lipinski definition) is 0. The minimum atomic E-state index is -0.408. The minimum absolute atomic E-state index is 0.326. The molecule has 0 bridgehead atoms. The van der Waals surface area contributed by atoms with Gasteiger partial charge in [0, 0.05) is 11.1 Å². The van der Waals surface area contributed by atoms with E-state index in [0.29, 0.717) is 11.1 Å². The molecule has 22 heavy (non-hydrogen) atoms. The zero-order valence-electron chi connectivity index (χ0n) is 11.7. The molecule has 0 saturated carbocycles. The zero-order chi connectivity index (χ0) is 15.1. The van der Waals surface area contributed by atoms with Crippen LogP contribution in [-0.4, -0.2) is 0 Å². The fraction of sp³-hybridized carbons (Fsp3) is 0. The Balaban J connectivity index is 2.21. The second-order valence-corrected chi connectivity index (χ2v) is 5.29. The molecule has 0 nitrogen and oxygen atoms in total. The topological polar surface area (TPSA) is 0 Å². The van der Waals surface area contributed by atoms with Crippen LogP contribution in [0.4, 0.5) is 8.78 Å². The van der Waals surface area contributed by atoms with Crippen molar-refractivity contribution in [3.05, 3.63) is 84.4 Å². The number of fused-ring (bicyclic) bond motifs is 2. The van der Waals surface area contributed by atoms with Crippen molar-refractivity contribution in [2.24, 2.45) is 0 Å². The molecule has 0 heterocycles. The number of halogens is 2. The van der Waals surface area contributed by atoms with E-state index in [4.69, 9.17) is 0 Å². The van der Waals surface area contributed by atoms with Crippen LogP contribution in [0.1, 0.15) is 0 Å². The van der Waals surface area contributed by atoms with Crippen LogP contribution in [0.5, 0.6) is 0 Å². The third-order valence-corrected chi connectivity index (χ3v) is 4.01. The molecule has 0 unspecified atom stereocenters. The normalized spacial score (nSPS) is 11.2. The van der Waals surface area contributed by atoms with E-state index in [1.165, 1.54) is 12.1 Å². The quantitative estimate of drug-likeness (QED) is 0.407. The van der Waals surface area contributed by atoms with Crippen molar-refractivity contribution >= 4 is 21.5 Å². The van der Waals surface area contributed by atoms with Crippen molar-refractivity contribution in [3.8, 4) is 11.1 Å². The SMILES string of the molecule is Fc1ccc2ccccc2c1-c1c(F)ccc2ccccc12. The Labute approximate surface area is 126 Å². The zero-order valence-corrected chi connectivity index (χ0v) is 11.7. The Bertz CT molecular complexity index is 920. The molecular weight excluding hydrogens is 278 g/mol. The second-order valence-electron chi connectivity index (χ2n) is 5.29. The van der Waals surface area contributed by atoms with E-state index in [0.717, 1.165) is 21.5 Å². The number of hydrogen-bond donors (Lipinski definition) is 0. The molecule has 0 N–H and O–H groups in total. The van der Waals surface area contributed by atoms with Gasteiger partial charge in [0.2, 0.25) is 0 Å². The van der Waals surface area contributed by atoms with Crippen LogP contribution in [0, 0.1) is 11.6 Å². The molecular formula is C20H12F2. The van der Waals surface area contributed by atoms with Crippen molar-refractivity contribution in [1.82, 2.24) is 0 Å². The summed E-state index contributed by atoms with van der Waals surface area (Å²) in [6.45, 7) is 0. The lowest BCUT2D eigenvalue weighted by atomic mass is 9.93. The molecule has 0 atom stereocenters. The van der Waals surface area contributed by atoms with Gasteiger partial charge in [0.1, 0.15) is 11.6 Å². The van der Waals surface area contributed by atoms with Gasteiger partial charge in [0.15, 0.2) is 0 Å². The van der Waals surface area contributed by atoms with Gasteiger partial charge in [0.25, 0.3) is 0 Å². The van der Waals surface area contributed by atoms with Crippen molar-refractivity contribution in [2.45, 2.75) is 0 Å². The summed E-state index contributed by atoms with van der Waals surface area (Å²) in [4.78, 5) is 0. The molecule has 106 valence electrons. The first-order valence-corrected chi connectivity index (χ1v) is 7.10. The molecule has 0 aliphatic heterocycles. The first-order valence-electron chi connectivity index (χ1n) is 7.10. The van der Waals surface area contributed by atoms with E-state index in [1.807, 2.05) is 48.5 Å². The second kappa shape index (κ2) is 4.92. The average Bonchev–Trinajstić information content (AvgIpc) is 2.56. The summed E-state index contributed by atoms with van der Waals surface area (Å²) in [6, 6.07) is 21.2. The molecule has 4 rings (SSSR count). The predicted octanol–water partition coefficient (Wildman–Crippen LogP) is 5.94. The van der Waals surface area contributed by atoms with Crippen molar-refractivity contribution in [1.29, 1.82) is 0 Å². The van der Waals surface area contributed by atoms with E-state index in [-0.39, 0.29) is 0 Å². The van der Waals surface area contributed by atoms with Gasteiger partial charge in [-0.25, -0.2) is 8.78 Å². The summed E-state index contributed by atoms with van der Waals surface area (Å²) in [7, 11) is 0. The van der Waals surface area contributed by atoms with Gasteiger partial charge in [-0.2, -0.15) is 0 Å². The molecule has 0 amide bonds. The molecule has 0 aliphatic carbocycles. The van der Waals surface area contributed by atoms with Crippen LogP contribution >= 0.6 is 0 Å². The van der Waals surface area contributed by atoms with Gasteiger partial charge < -0.3 is 0 Å². The van der Waals surface area contributed by atoms with Crippen LogP contribution in [0.3, 0.4) is 0 Å². The molecule has 0 saturated heterocycles. The largest absolute Gasteiger partial charge is 0.206 e. The standard InChI is InChI=1S/C20H12F2/c21-17-11-9-13-5-1-3-7-15(13)19(17)20-16-8-4-2-6-14(16)10-12-18(20)22/h1-12H. The fourth-order valence-corrected chi connectivity index (χ4v) is 3.00. The predicted molar refractivity (Wildman–Crippen MR) is 86.8 cm³/mol. The molecule has 0 aliphatic rings. The van der Waals surface area contributed by atoms with E-state index in [2.05, 4.69) is 0 Å². The molecule has 0 fully saturated rings. The van der Waals surface area contributed by atoms with Gasteiger partial charge in [-0.05, 0) is 33.7 Å². The van der Waals surface area contributed by atoms with Crippen molar-refractivity contribution in [3.63, 3.8) is 0 Å². The highest BCUT2D eigenvalue weighted by Crippen LogP contribution is 2.37. The highest BCUT2D eigenvalue weighted by atomic mass is 19.1. The van der Waals surface area contributed by atoms with Crippen LogP contribution in [0.15, 0.2) is 72.8 Å². The van der Waals surface area contributed by atoms with E-state index >= 15 is 0 Å². The summed E-state index contributed by atoms with van der Waals surface area (Å²) in [5, 5.41) is 3.23. The molecule has 2 heteroatoms. The summed E-state index contributed by atoms with van der Waals surface area (Å²) < 4.78 is 29.1. The van der Waals surface area contributed by atoms with Gasteiger partial charge in [0.05, 0.1) is 0 Å². The first kappa shape index (κ1) is 13.0. The summed E-state index contributed by atoms with van der Waals surface area (Å²) in [5.41, 5.74) is 0.653. The van der Waals surface area contributed by atoms with Crippen molar-refractivity contribution in [2.75, 3.05) is 0 Å². The summed E-state index contributed by atoms with van der Waals surface area (Å²) in [6.07, 6.45) is 0. The van der Waals surface area contributed by atoms with E-state index < -0.39 is 11.6 Å². The maximum absolute atomic E-state index is 14.5. The average molecular weight is 290 g/mol. The smallest absolute Gasteiger partial charge is 0.131 e. The van der Waals surface area contributed by atoms with Crippen LogP contribution in [0.25, 0.3) is 32.7 Å². The Kier molecular flexibility index (Phi) is 2.90. The maximum atomic E-state index is 14.5. The molecule has 4 aromatic rings. The maximum Gasteiger partial charge on any atom is 0.131 e. The summed E-state index contributed by atoms with van der Waals surface area (Å²) in [5.74, 6) is -0.817. The van der Waals surface area contributed by atoms with Gasteiger partial charge >= 0.3 is 0 Å². The highest BCUT2D eigenvalue weighted by Gasteiger charge is 2.16. The Morgan fingerprint density at radius 1 is 0.455 bits per heavy atom. The van der Waals surface area contributed by atoms with Crippen molar-refractivity contribution < 1.29 is 8.78 Å². The van der Waals surface area contributed by atoms with E-state index in [9.17, 15) is 8.78 Å². The third-order valence-electron chi connectivity index (χ3n) is 4.01. The first-order chi connectivity index (χ1) is 10.8. The Morgan fingerprint density at radius 3 is 1.32 bits per heavy atom. The number of rotatable bonds is 1. The minimum Gasteiger partial charge on any atom is -0.206 e. The number of benzene rings is 4. The lowest BCUT2D eigenvalue weighted by molar-refractivity contribution is 0.619. The molecule has 4 aromatic carbocycles. The van der Waals surface area contributed by atoms with Gasteiger partial charge in [-0.1, -0.05) is 60.7 Å². The summed E-state index contributed by atoms with van der Waals surface area (Å²) >= 11 is 0. The highest BCUT2D eigenvalue weighted by molar-refractivity contribution is 6.05. The molecule has 0 aromatic heterocycles. The third kappa shape index (κ3) is 1.88. The van der Waals surface area contributed by atoms with E-state index in [1.54, 1.807) is 12.1 Å². The van der Waals surface area contributed by atoms with Crippen LogP contribution < -0.4 is 0 Å². The lowest BCUT2D eigenvalue weighted by Crippen LogP contribution is -1.92. The van der Waals surface area contributed by atoms with Gasteiger partial charge in [-0.3, -0.25) is 0 Å². The van der Waals surface area contributed by atoms with Gasteiger partial charge in [-0.15, -0.1) is 0 Å². The molecule has 0 spiro atoms. The monoisotopic (exact) mass is 290 g/mol. The Morgan fingerprint density at radius 2 is 0.864 bits per heavy atom. The van der Waals surface area contributed by atoms with Crippen LogP contribution in [-0.2, 0) is 0 Å². The van der Waals surface area contributed by atoms with Crippen LogP contribution in [0.2, 0.25) is 0 Å².